The maximum Gasteiger partial charge on any atom is 0.0346 e. The summed E-state index contributed by atoms with van der Waals surface area (Å²) in [4.78, 5) is 4.25. The second-order valence-corrected chi connectivity index (χ2v) is 4.54. The summed E-state index contributed by atoms with van der Waals surface area (Å²) in [5, 5.41) is 0. The lowest BCUT2D eigenvalue weighted by atomic mass is 9.96. The highest BCUT2D eigenvalue weighted by molar-refractivity contribution is 5.68. The maximum absolute atomic E-state index is 5.65. The molecule has 1 heterocycles. The summed E-state index contributed by atoms with van der Waals surface area (Å²) in [7, 11) is 0. The van der Waals surface area contributed by atoms with Gasteiger partial charge >= 0.3 is 0 Å². The largest absolute Gasteiger partial charge is 0.326 e. The van der Waals surface area contributed by atoms with E-state index in [1.807, 2.05) is 12.4 Å². The topological polar surface area (TPSA) is 38.9 Å². The molecule has 2 N–H and O–H groups in total. The number of aromatic nitrogens is 1. The third-order valence-corrected chi connectivity index (χ3v) is 3.18. The normalized spacial score (nSPS) is 10.6. The second-order valence-electron chi connectivity index (χ2n) is 4.54. The van der Waals surface area contributed by atoms with Gasteiger partial charge < -0.3 is 5.73 Å². The van der Waals surface area contributed by atoms with E-state index in [-0.39, 0.29) is 0 Å². The van der Waals surface area contributed by atoms with Gasteiger partial charge in [-0.05, 0) is 54.7 Å². The van der Waals surface area contributed by atoms with E-state index in [2.05, 4.69) is 44.0 Å². The van der Waals surface area contributed by atoms with Crippen LogP contribution < -0.4 is 5.73 Å². The molecule has 1 aromatic carbocycles. The molecule has 0 fully saturated rings. The molecule has 0 saturated heterocycles. The van der Waals surface area contributed by atoms with Crippen LogP contribution in [0.4, 0.5) is 0 Å². The molecule has 0 saturated carbocycles. The van der Waals surface area contributed by atoms with Crippen molar-refractivity contribution < 1.29 is 0 Å². The van der Waals surface area contributed by atoms with E-state index >= 15 is 0 Å². The van der Waals surface area contributed by atoms with Gasteiger partial charge in [-0.15, -0.1) is 0 Å². The van der Waals surface area contributed by atoms with Crippen molar-refractivity contribution in [2.75, 3.05) is 0 Å². The Morgan fingerprint density at radius 1 is 0.941 bits per heavy atom. The Labute approximate surface area is 103 Å². The molecule has 0 unspecified atom stereocenters. The SMILES string of the molecule is Cc1cc(C)c(-c2cncc(CN)c2)cc1C. The van der Waals surface area contributed by atoms with E-state index in [9.17, 15) is 0 Å². The molecule has 0 atom stereocenters. The van der Waals surface area contributed by atoms with Crippen LogP contribution in [0.2, 0.25) is 0 Å². The Hall–Kier alpha value is -1.67. The fourth-order valence-electron chi connectivity index (χ4n) is 2.02. The molecule has 0 spiro atoms. The van der Waals surface area contributed by atoms with Gasteiger partial charge in [0.05, 0.1) is 0 Å². The lowest BCUT2D eigenvalue weighted by Gasteiger charge is -2.10. The van der Waals surface area contributed by atoms with Crippen molar-refractivity contribution in [2.24, 2.45) is 5.73 Å². The highest BCUT2D eigenvalue weighted by Gasteiger charge is 2.05. The fraction of sp³-hybridized carbons (Fsp3) is 0.267. The van der Waals surface area contributed by atoms with Crippen LogP contribution in [0.1, 0.15) is 22.3 Å². The van der Waals surface area contributed by atoms with Crippen molar-refractivity contribution in [2.45, 2.75) is 27.3 Å². The minimum atomic E-state index is 0.532. The minimum absolute atomic E-state index is 0.532. The smallest absolute Gasteiger partial charge is 0.0346 e. The van der Waals surface area contributed by atoms with Gasteiger partial charge in [-0.3, -0.25) is 4.98 Å². The Morgan fingerprint density at radius 2 is 1.65 bits per heavy atom. The third-order valence-electron chi connectivity index (χ3n) is 3.18. The Balaban J connectivity index is 2.56. The Morgan fingerprint density at radius 3 is 2.35 bits per heavy atom. The first kappa shape index (κ1) is 11.8. The predicted molar refractivity (Wildman–Crippen MR) is 71.8 cm³/mol. The highest BCUT2D eigenvalue weighted by Crippen LogP contribution is 2.26. The molecule has 1 aromatic heterocycles. The molecule has 0 aliphatic heterocycles. The van der Waals surface area contributed by atoms with Crippen LogP contribution in [0.15, 0.2) is 30.6 Å². The molecule has 2 aromatic rings. The molecular formula is C15H18N2. The van der Waals surface area contributed by atoms with E-state index in [0.717, 1.165) is 11.1 Å². The van der Waals surface area contributed by atoms with Gasteiger partial charge in [-0.2, -0.15) is 0 Å². The van der Waals surface area contributed by atoms with E-state index in [1.165, 1.54) is 22.3 Å². The number of aryl methyl sites for hydroxylation is 3. The van der Waals surface area contributed by atoms with Gasteiger partial charge in [0, 0.05) is 24.5 Å². The van der Waals surface area contributed by atoms with Gasteiger partial charge in [-0.25, -0.2) is 0 Å². The zero-order valence-corrected chi connectivity index (χ0v) is 10.6. The summed E-state index contributed by atoms with van der Waals surface area (Å²) in [5.41, 5.74) is 13.0. The van der Waals surface area contributed by atoms with E-state index in [0.29, 0.717) is 6.54 Å². The zero-order valence-electron chi connectivity index (χ0n) is 10.6. The highest BCUT2D eigenvalue weighted by atomic mass is 14.6. The van der Waals surface area contributed by atoms with E-state index in [1.54, 1.807) is 0 Å². The zero-order chi connectivity index (χ0) is 12.4. The van der Waals surface area contributed by atoms with Crippen LogP contribution in [-0.2, 0) is 6.54 Å². The van der Waals surface area contributed by atoms with Crippen LogP contribution in [0.3, 0.4) is 0 Å². The monoisotopic (exact) mass is 226 g/mol. The quantitative estimate of drug-likeness (QED) is 0.854. The van der Waals surface area contributed by atoms with Crippen LogP contribution in [0, 0.1) is 20.8 Å². The molecular weight excluding hydrogens is 208 g/mol. The average molecular weight is 226 g/mol. The molecule has 2 rings (SSSR count). The predicted octanol–water partition coefficient (Wildman–Crippen LogP) is 3.13. The number of benzene rings is 1. The molecule has 88 valence electrons. The molecule has 17 heavy (non-hydrogen) atoms. The van der Waals surface area contributed by atoms with E-state index in [4.69, 9.17) is 5.73 Å². The van der Waals surface area contributed by atoms with Crippen molar-refractivity contribution in [3.8, 4) is 11.1 Å². The van der Waals surface area contributed by atoms with Gasteiger partial charge in [0.1, 0.15) is 0 Å². The number of nitrogens with two attached hydrogens (primary N) is 1. The maximum atomic E-state index is 5.65. The second kappa shape index (κ2) is 4.68. The summed E-state index contributed by atoms with van der Waals surface area (Å²) >= 11 is 0. The first-order valence-electron chi connectivity index (χ1n) is 5.84. The molecule has 2 nitrogen and oxygen atoms in total. The van der Waals surface area contributed by atoms with Crippen LogP contribution >= 0.6 is 0 Å². The first-order chi connectivity index (χ1) is 8.11. The van der Waals surface area contributed by atoms with Gasteiger partial charge in [-0.1, -0.05) is 12.1 Å². The lowest BCUT2D eigenvalue weighted by Crippen LogP contribution is -1.97. The lowest BCUT2D eigenvalue weighted by molar-refractivity contribution is 1.05. The summed E-state index contributed by atoms with van der Waals surface area (Å²) in [6.45, 7) is 6.95. The number of rotatable bonds is 2. The summed E-state index contributed by atoms with van der Waals surface area (Å²) in [6.07, 6.45) is 3.72. The average Bonchev–Trinajstić information content (AvgIpc) is 2.34. The standard InChI is InChI=1S/C15H18N2/c1-10-4-12(3)15(5-11(10)2)14-6-13(7-16)8-17-9-14/h4-6,8-9H,7,16H2,1-3H3. The van der Waals surface area contributed by atoms with Crippen LogP contribution in [-0.4, -0.2) is 4.98 Å². The van der Waals surface area contributed by atoms with Crippen molar-refractivity contribution >= 4 is 0 Å². The summed E-state index contributed by atoms with van der Waals surface area (Å²) in [5.74, 6) is 0. The molecule has 0 radical (unpaired) electrons. The number of hydrogen-bond donors (Lipinski definition) is 1. The fourth-order valence-corrected chi connectivity index (χ4v) is 2.02. The first-order valence-corrected chi connectivity index (χ1v) is 5.84. The molecule has 0 bridgehead atoms. The van der Waals surface area contributed by atoms with Crippen molar-refractivity contribution in [3.63, 3.8) is 0 Å². The third kappa shape index (κ3) is 2.37. The van der Waals surface area contributed by atoms with Crippen LogP contribution in [0.25, 0.3) is 11.1 Å². The van der Waals surface area contributed by atoms with Crippen molar-refractivity contribution in [3.05, 3.63) is 52.8 Å². The summed E-state index contributed by atoms with van der Waals surface area (Å²) < 4.78 is 0. The van der Waals surface area contributed by atoms with Gasteiger partial charge in [0.15, 0.2) is 0 Å². The molecule has 0 amide bonds. The van der Waals surface area contributed by atoms with E-state index < -0.39 is 0 Å². The molecule has 2 heteroatoms. The summed E-state index contributed by atoms with van der Waals surface area (Å²) in [6, 6.07) is 6.56. The Kier molecular flexibility index (Phi) is 3.25. The molecule has 0 aliphatic carbocycles. The van der Waals surface area contributed by atoms with Gasteiger partial charge in [0.25, 0.3) is 0 Å². The van der Waals surface area contributed by atoms with Crippen LogP contribution in [0.5, 0.6) is 0 Å². The minimum Gasteiger partial charge on any atom is -0.326 e. The van der Waals surface area contributed by atoms with Gasteiger partial charge in [0.2, 0.25) is 0 Å². The number of hydrogen-bond acceptors (Lipinski definition) is 2. The molecule has 0 aliphatic rings. The number of pyridine rings is 1. The van der Waals surface area contributed by atoms with Crippen molar-refractivity contribution in [1.29, 1.82) is 0 Å². The number of nitrogens with zero attached hydrogens (tertiary/aromatic N) is 1. The van der Waals surface area contributed by atoms with Crippen molar-refractivity contribution in [1.82, 2.24) is 4.98 Å². The Bertz CT molecular complexity index is 545.